The van der Waals surface area contributed by atoms with Gasteiger partial charge < -0.3 is 9.90 Å². The van der Waals surface area contributed by atoms with Crippen LogP contribution in [0, 0.1) is 0 Å². The molecule has 2 nitrogen and oxygen atoms in total. The van der Waals surface area contributed by atoms with Crippen LogP contribution in [0.15, 0.2) is 0 Å². The van der Waals surface area contributed by atoms with Crippen molar-refractivity contribution in [2.75, 3.05) is 0 Å². The van der Waals surface area contributed by atoms with Crippen LogP contribution in [0.2, 0.25) is 20.1 Å². The van der Waals surface area contributed by atoms with Gasteiger partial charge in [0.05, 0.1) is 20.1 Å². The second-order valence-corrected chi connectivity index (χ2v) is 5.07. The molecule has 1 aromatic rings. The molecule has 0 radical (unpaired) electrons. The molecule has 0 amide bonds. The van der Waals surface area contributed by atoms with E-state index in [1.165, 1.54) is 0 Å². The Hall–Kier alpha value is 0.447. The Bertz CT molecular complexity index is 490. The molecule has 0 saturated carbocycles. The Labute approximate surface area is 130 Å². The first kappa shape index (κ1) is 15.5. The number of carboxylic acids is 1. The average molecular weight is 306 g/mol. The van der Waals surface area contributed by atoms with E-state index in [0.717, 1.165) is 0 Å². The fraction of sp³-hybridized carbons (Fsp3) is 0.300. The maximum Gasteiger partial charge on any atom is 1.00 e. The maximum absolute atomic E-state index is 10.9. The molecular formula is C10H5Cl4LiO2. The summed E-state index contributed by atoms with van der Waals surface area (Å²) >= 11 is 23.7. The van der Waals surface area contributed by atoms with Gasteiger partial charge in [-0.2, -0.15) is 0 Å². The summed E-state index contributed by atoms with van der Waals surface area (Å²) in [6, 6.07) is 0. The van der Waals surface area contributed by atoms with E-state index in [9.17, 15) is 9.90 Å². The average Bonchev–Trinajstić information content (AvgIpc) is 2.67. The number of carbonyl (C=O) groups is 1. The van der Waals surface area contributed by atoms with Gasteiger partial charge in [-0.05, 0) is 24.0 Å². The molecule has 0 saturated heterocycles. The number of rotatable bonds is 1. The van der Waals surface area contributed by atoms with Gasteiger partial charge >= 0.3 is 18.9 Å². The van der Waals surface area contributed by atoms with Crippen molar-refractivity contribution in [3.8, 4) is 0 Å². The van der Waals surface area contributed by atoms with Gasteiger partial charge in [-0.25, -0.2) is 0 Å². The molecule has 17 heavy (non-hydrogen) atoms. The van der Waals surface area contributed by atoms with Gasteiger partial charge in [0.1, 0.15) is 0 Å². The Morgan fingerprint density at radius 2 is 1.59 bits per heavy atom. The molecule has 0 aliphatic heterocycles. The zero-order valence-corrected chi connectivity index (χ0v) is 11.8. The number of benzene rings is 1. The zero-order valence-electron chi connectivity index (χ0n) is 8.82. The van der Waals surface area contributed by atoms with E-state index in [4.69, 9.17) is 46.4 Å². The van der Waals surface area contributed by atoms with Gasteiger partial charge in [0.2, 0.25) is 0 Å². The minimum absolute atomic E-state index is 0. The number of carbonyl (C=O) groups excluding carboxylic acids is 1. The number of halogens is 4. The summed E-state index contributed by atoms with van der Waals surface area (Å²) in [7, 11) is 0. The fourth-order valence-corrected chi connectivity index (χ4v) is 3.10. The molecule has 0 fully saturated rings. The number of hydrogen-bond acceptors (Lipinski definition) is 2. The topological polar surface area (TPSA) is 40.1 Å². The van der Waals surface area contributed by atoms with Crippen LogP contribution in [-0.4, -0.2) is 5.97 Å². The van der Waals surface area contributed by atoms with Crippen molar-refractivity contribution in [2.24, 2.45) is 0 Å². The Morgan fingerprint density at radius 3 is 2.12 bits per heavy atom. The molecule has 1 aliphatic rings. The summed E-state index contributed by atoms with van der Waals surface area (Å²) in [5.41, 5.74) is 1.11. The molecule has 0 aromatic heterocycles. The van der Waals surface area contributed by atoms with Crippen molar-refractivity contribution in [3.05, 3.63) is 31.2 Å². The van der Waals surface area contributed by atoms with E-state index in [1.807, 2.05) is 0 Å². The number of hydrogen-bond donors (Lipinski definition) is 0. The smallest absolute Gasteiger partial charge is 0.549 e. The van der Waals surface area contributed by atoms with E-state index < -0.39 is 11.9 Å². The van der Waals surface area contributed by atoms with E-state index >= 15 is 0 Å². The van der Waals surface area contributed by atoms with Crippen LogP contribution in [-0.2, 0) is 11.2 Å². The second kappa shape index (κ2) is 5.61. The van der Waals surface area contributed by atoms with Gasteiger partial charge in [0.15, 0.2) is 0 Å². The molecule has 7 heteroatoms. The first-order valence-electron chi connectivity index (χ1n) is 4.50. The normalized spacial score (nSPS) is 17.5. The van der Waals surface area contributed by atoms with E-state index in [0.29, 0.717) is 24.0 Å². The van der Waals surface area contributed by atoms with Crippen LogP contribution in [0.4, 0.5) is 0 Å². The predicted octanol–water partition coefficient (Wildman–Crippen LogP) is 0.0839. The number of aliphatic carboxylic acids is 1. The summed E-state index contributed by atoms with van der Waals surface area (Å²) < 4.78 is 0. The monoisotopic (exact) mass is 304 g/mol. The second-order valence-electron chi connectivity index (χ2n) is 3.56. The molecule has 2 rings (SSSR count). The minimum Gasteiger partial charge on any atom is -0.549 e. The van der Waals surface area contributed by atoms with Crippen LogP contribution in [0.3, 0.4) is 0 Å². The van der Waals surface area contributed by atoms with Crippen LogP contribution in [0.1, 0.15) is 23.5 Å². The van der Waals surface area contributed by atoms with Crippen molar-refractivity contribution in [1.82, 2.24) is 0 Å². The summed E-state index contributed by atoms with van der Waals surface area (Å²) in [4.78, 5) is 10.9. The standard InChI is InChI=1S/C10H6Cl4O2.Li/c11-6-3-1-2-4(10(15)16)5(3)7(12)9(14)8(6)13;/h4H,1-2H2,(H,15,16);/q;+1/p-1. The SMILES string of the molecule is O=C([O-])C1CCc2c(Cl)c(Cl)c(Cl)c(Cl)c21.[Li+]. The Morgan fingerprint density at radius 1 is 1.06 bits per heavy atom. The molecule has 0 spiro atoms. The summed E-state index contributed by atoms with van der Waals surface area (Å²) in [6.07, 6.45) is 0.928. The van der Waals surface area contributed by atoms with Crippen LogP contribution in [0.5, 0.6) is 0 Å². The Balaban J connectivity index is 0.00000144. The molecular weight excluding hydrogens is 301 g/mol. The third kappa shape index (κ3) is 2.45. The number of carboxylic acid groups (broad SMARTS) is 1. The molecule has 0 N–H and O–H groups in total. The Kier molecular flexibility index (Phi) is 5.12. The quantitative estimate of drug-likeness (QED) is 0.419. The third-order valence-corrected chi connectivity index (χ3v) is 4.58. The minimum atomic E-state index is -1.17. The van der Waals surface area contributed by atoms with Crippen molar-refractivity contribution in [3.63, 3.8) is 0 Å². The molecule has 0 bridgehead atoms. The molecule has 1 aliphatic carbocycles. The predicted molar refractivity (Wildman–Crippen MR) is 62.6 cm³/mol. The third-order valence-electron chi connectivity index (χ3n) is 2.72. The maximum atomic E-state index is 10.9. The summed E-state index contributed by atoms with van der Waals surface area (Å²) in [6.45, 7) is 0. The fourth-order valence-electron chi connectivity index (χ4n) is 1.97. The molecule has 86 valence electrons. The summed E-state index contributed by atoms with van der Waals surface area (Å²) in [5, 5.41) is 11.7. The largest absolute Gasteiger partial charge is 1.00 e. The van der Waals surface area contributed by atoms with Crippen molar-refractivity contribution >= 4 is 52.4 Å². The van der Waals surface area contributed by atoms with E-state index in [1.54, 1.807) is 0 Å². The van der Waals surface area contributed by atoms with Crippen molar-refractivity contribution < 1.29 is 28.8 Å². The zero-order chi connectivity index (χ0) is 12.0. The first-order chi connectivity index (χ1) is 7.45. The van der Waals surface area contributed by atoms with E-state index in [2.05, 4.69) is 0 Å². The van der Waals surface area contributed by atoms with Crippen LogP contribution >= 0.6 is 46.4 Å². The van der Waals surface area contributed by atoms with Gasteiger partial charge in [-0.15, -0.1) is 0 Å². The molecule has 0 heterocycles. The number of fused-ring (bicyclic) bond motifs is 1. The van der Waals surface area contributed by atoms with Gasteiger partial charge in [-0.1, -0.05) is 46.4 Å². The van der Waals surface area contributed by atoms with Crippen LogP contribution in [0.25, 0.3) is 0 Å². The molecule has 1 aromatic carbocycles. The molecule has 1 atom stereocenters. The summed E-state index contributed by atoms with van der Waals surface area (Å²) in [5.74, 6) is -1.93. The van der Waals surface area contributed by atoms with Crippen LogP contribution < -0.4 is 24.0 Å². The van der Waals surface area contributed by atoms with E-state index in [-0.39, 0.29) is 39.0 Å². The van der Waals surface area contributed by atoms with Gasteiger partial charge in [0, 0.05) is 11.9 Å². The van der Waals surface area contributed by atoms with Gasteiger partial charge in [-0.3, -0.25) is 0 Å². The van der Waals surface area contributed by atoms with Crippen molar-refractivity contribution in [1.29, 1.82) is 0 Å². The van der Waals surface area contributed by atoms with Gasteiger partial charge in [0.25, 0.3) is 0 Å². The first-order valence-corrected chi connectivity index (χ1v) is 6.02. The molecule has 1 unspecified atom stereocenters. The van der Waals surface area contributed by atoms with Crippen molar-refractivity contribution in [2.45, 2.75) is 18.8 Å².